The second kappa shape index (κ2) is 9.05. The number of carbonyl (C=O) groups excluding carboxylic acids is 2. The van der Waals surface area contributed by atoms with Crippen LogP contribution in [0.4, 0.5) is 5.69 Å². The molecule has 2 amide bonds. The van der Waals surface area contributed by atoms with Gasteiger partial charge in [-0.2, -0.15) is 15.0 Å². The van der Waals surface area contributed by atoms with Crippen molar-refractivity contribution in [2.24, 2.45) is 5.92 Å². The van der Waals surface area contributed by atoms with Crippen molar-refractivity contribution in [2.45, 2.75) is 31.8 Å². The summed E-state index contributed by atoms with van der Waals surface area (Å²) in [6.45, 7) is 5.87. The van der Waals surface area contributed by atoms with Gasteiger partial charge in [0.05, 0.1) is 31.6 Å². The number of piperidine rings is 1. The van der Waals surface area contributed by atoms with Crippen LogP contribution >= 0.6 is 0 Å². The highest BCUT2D eigenvalue weighted by Gasteiger charge is 2.68. The van der Waals surface area contributed by atoms with E-state index in [1.54, 1.807) is 15.9 Å². The summed E-state index contributed by atoms with van der Waals surface area (Å²) in [6.07, 6.45) is 3.22. The van der Waals surface area contributed by atoms with Crippen molar-refractivity contribution < 1.29 is 14.3 Å². The number of likely N-dealkylation sites (tertiary alicyclic amines) is 1. The van der Waals surface area contributed by atoms with E-state index < -0.39 is 5.54 Å². The smallest absolute Gasteiger partial charge is 0.255 e. The molecule has 9 heteroatoms. The fraction of sp³-hybridized carbons (Fsp3) is 0.407. The standard InChI is InChI=1S/C27H30N6O3/c1-19-23(8-5-9-24(19)31-12-14-36-15-13-31)25(34)32-11-10-20-16-27(20,32)26(35)28-17-21-18-29-33(30-21)22-6-3-2-4-7-22/h2-9,18,20H,10-17H2,1H3,(H,28,35). The van der Waals surface area contributed by atoms with Gasteiger partial charge in [-0.25, -0.2) is 0 Å². The van der Waals surface area contributed by atoms with Crippen molar-refractivity contribution in [3.8, 4) is 5.69 Å². The van der Waals surface area contributed by atoms with Crippen LogP contribution in [-0.4, -0.2) is 70.1 Å². The van der Waals surface area contributed by atoms with Crippen LogP contribution < -0.4 is 10.2 Å². The van der Waals surface area contributed by atoms with E-state index in [9.17, 15) is 9.59 Å². The fourth-order valence-electron chi connectivity index (χ4n) is 5.69. The number of nitrogens with zero attached hydrogens (tertiary/aromatic N) is 5. The van der Waals surface area contributed by atoms with Gasteiger partial charge in [0.2, 0.25) is 5.91 Å². The second-order valence-corrected chi connectivity index (χ2v) is 9.76. The Balaban J connectivity index is 1.17. The quantitative estimate of drug-likeness (QED) is 0.575. The third-order valence-corrected chi connectivity index (χ3v) is 7.74. The van der Waals surface area contributed by atoms with Crippen LogP contribution in [0, 0.1) is 12.8 Å². The van der Waals surface area contributed by atoms with Crippen LogP contribution in [0.1, 0.15) is 34.5 Å². The van der Waals surface area contributed by atoms with E-state index >= 15 is 0 Å². The number of aromatic nitrogens is 3. The van der Waals surface area contributed by atoms with E-state index in [0.717, 1.165) is 36.4 Å². The predicted octanol–water partition coefficient (Wildman–Crippen LogP) is 2.33. The summed E-state index contributed by atoms with van der Waals surface area (Å²) in [5.74, 6) is 0.0477. The summed E-state index contributed by atoms with van der Waals surface area (Å²) in [7, 11) is 0. The minimum Gasteiger partial charge on any atom is -0.378 e. The summed E-state index contributed by atoms with van der Waals surface area (Å²) >= 11 is 0. The third kappa shape index (κ3) is 3.83. The van der Waals surface area contributed by atoms with Crippen molar-refractivity contribution in [3.63, 3.8) is 0 Å². The monoisotopic (exact) mass is 486 g/mol. The molecule has 2 aliphatic heterocycles. The van der Waals surface area contributed by atoms with Crippen LogP contribution in [0.2, 0.25) is 0 Å². The maximum absolute atomic E-state index is 13.8. The van der Waals surface area contributed by atoms with Crippen LogP contribution in [0.15, 0.2) is 54.7 Å². The van der Waals surface area contributed by atoms with Gasteiger partial charge in [-0.05, 0) is 55.5 Å². The SMILES string of the molecule is Cc1c(C(=O)N2CCC3CC32C(=O)NCc2cnn(-c3ccccc3)n2)cccc1N1CCOCC1. The molecule has 2 atom stereocenters. The van der Waals surface area contributed by atoms with E-state index in [0.29, 0.717) is 37.4 Å². The minimum absolute atomic E-state index is 0.0622. The molecule has 2 aromatic carbocycles. The van der Waals surface area contributed by atoms with Gasteiger partial charge in [-0.1, -0.05) is 24.3 Å². The number of rotatable bonds is 6. The van der Waals surface area contributed by atoms with E-state index in [1.807, 2.05) is 49.4 Å². The zero-order valence-corrected chi connectivity index (χ0v) is 20.4. The number of carbonyl (C=O) groups is 2. The van der Waals surface area contributed by atoms with Crippen molar-refractivity contribution in [1.82, 2.24) is 25.2 Å². The molecule has 36 heavy (non-hydrogen) atoms. The number of hydrogen-bond donors (Lipinski definition) is 1. The van der Waals surface area contributed by atoms with Crippen LogP contribution in [0.5, 0.6) is 0 Å². The highest BCUT2D eigenvalue weighted by molar-refractivity contribution is 6.03. The summed E-state index contributed by atoms with van der Waals surface area (Å²) in [4.78, 5) is 32.8. The Labute approximate surface area is 210 Å². The molecule has 3 aliphatic rings. The Bertz CT molecular complexity index is 1290. The highest BCUT2D eigenvalue weighted by atomic mass is 16.5. The summed E-state index contributed by atoms with van der Waals surface area (Å²) in [5.41, 5.74) is 3.47. The number of nitrogens with one attached hydrogen (secondary N) is 1. The molecule has 1 N–H and O–H groups in total. The fourth-order valence-corrected chi connectivity index (χ4v) is 5.69. The maximum Gasteiger partial charge on any atom is 0.255 e. The molecule has 6 rings (SSSR count). The number of ether oxygens (including phenoxy) is 1. The van der Waals surface area contributed by atoms with E-state index in [1.165, 1.54) is 0 Å². The first-order valence-corrected chi connectivity index (χ1v) is 12.6. The highest BCUT2D eigenvalue weighted by Crippen LogP contribution is 2.56. The number of morpholine rings is 1. The lowest BCUT2D eigenvalue weighted by atomic mass is 10.0. The lowest BCUT2D eigenvalue weighted by molar-refractivity contribution is -0.126. The molecule has 3 aromatic rings. The van der Waals surface area contributed by atoms with Gasteiger partial charge < -0.3 is 19.9 Å². The Hall–Kier alpha value is -3.72. The van der Waals surface area contributed by atoms with Gasteiger partial charge in [0, 0.05) is 30.9 Å². The predicted molar refractivity (Wildman–Crippen MR) is 134 cm³/mol. The van der Waals surface area contributed by atoms with Gasteiger partial charge in [0.1, 0.15) is 11.2 Å². The van der Waals surface area contributed by atoms with Crippen LogP contribution in [0.25, 0.3) is 5.69 Å². The molecule has 3 fully saturated rings. The molecular weight excluding hydrogens is 456 g/mol. The van der Waals surface area contributed by atoms with Gasteiger partial charge in [-0.3, -0.25) is 9.59 Å². The zero-order chi connectivity index (χ0) is 24.7. The summed E-state index contributed by atoms with van der Waals surface area (Å²) in [5, 5.41) is 11.8. The third-order valence-electron chi connectivity index (χ3n) is 7.74. The topological polar surface area (TPSA) is 92.6 Å². The second-order valence-electron chi connectivity index (χ2n) is 9.76. The lowest BCUT2D eigenvalue weighted by Crippen LogP contribution is -2.50. The van der Waals surface area contributed by atoms with E-state index in [-0.39, 0.29) is 24.3 Å². The van der Waals surface area contributed by atoms with Crippen molar-refractivity contribution in [2.75, 3.05) is 37.7 Å². The van der Waals surface area contributed by atoms with Crippen LogP contribution in [0.3, 0.4) is 0 Å². The molecule has 2 unspecified atom stereocenters. The normalized spacial score (nSPS) is 22.9. The first kappa shape index (κ1) is 22.7. The molecule has 0 bridgehead atoms. The average molecular weight is 487 g/mol. The number of amides is 2. The number of benzene rings is 2. The van der Waals surface area contributed by atoms with Gasteiger partial charge >= 0.3 is 0 Å². The Morgan fingerprint density at radius 3 is 2.67 bits per heavy atom. The Morgan fingerprint density at radius 2 is 1.89 bits per heavy atom. The van der Waals surface area contributed by atoms with Gasteiger partial charge in [0.25, 0.3) is 5.91 Å². The lowest BCUT2D eigenvalue weighted by Gasteiger charge is -2.32. The number of para-hydroxylation sites is 1. The largest absolute Gasteiger partial charge is 0.378 e. The van der Waals surface area contributed by atoms with E-state index in [2.05, 4.69) is 26.5 Å². The Morgan fingerprint density at radius 1 is 1.08 bits per heavy atom. The maximum atomic E-state index is 13.8. The average Bonchev–Trinajstić information content (AvgIpc) is 3.27. The molecule has 1 aromatic heterocycles. The van der Waals surface area contributed by atoms with Crippen LogP contribution in [-0.2, 0) is 16.1 Å². The molecule has 2 saturated heterocycles. The molecular formula is C27H30N6O3. The number of anilines is 1. The molecule has 186 valence electrons. The van der Waals surface area contributed by atoms with Gasteiger partial charge in [-0.15, -0.1) is 0 Å². The molecule has 9 nitrogen and oxygen atoms in total. The molecule has 3 heterocycles. The van der Waals surface area contributed by atoms with E-state index in [4.69, 9.17) is 4.74 Å². The van der Waals surface area contributed by atoms with Crippen molar-refractivity contribution >= 4 is 17.5 Å². The summed E-state index contributed by atoms with van der Waals surface area (Å²) < 4.78 is 5.49. The van der Waals surface area contributed by atoms with Crippen molar-refractivity contribution in [1.29, 1.82) is 0 Å². The summed E-state index contributed by atoms with van der Waals surface area (Å²) in [6, 6.07) is 15.5. The zero-order valence-electron chi connectivity index (χ0n) is 20.4. The first-order chi connectivity index (χ1) is 17.6. The van der Waals surface area contributed by atoms with Crippen molar-refractivity contribution in [3.05, 3.63) is 71.5 Å². The first-order valence-electron chi connectivity index (χ1n) is 12.6. The molecule has 1 aliphatic carbocycles. The molecule has 0 spiro atoms. The van der Waals surface area contributed by atoms with Gasteiger partial charge in [0.15, 0.2) is 0 Å². The minimum atomic E-state index is -0.756. The molecule has 0 radical (unpaired) electrons. The molecule has 1 saturated carbocycles. The number of hydrogen-bond acceptors (Lipinski definition) is 6. The Kier molecular flexibility index (Phi) is 5.72. The number of fused-ring (bicyclic) bond motifs is 1.